The van der Waals surface area contributed by atoms with Gasteiger partial charge in [-0.2, -0.15) is 13.2 Å². The van der Waals surface area contributed by atoms with E-state index in [2.05, 4.69) is 20.9 Å². The minimum absolute atomic E-state index is 0.00184. The number of hydrogen-bond acceptors (Lipinski definition) is 8. The van der Waals surface area contributed by atoms with E-state index in [1.54, 1.807) is 32.2 Å². The summed E-state index contributed by atoms with van der Waals surface area (Å²) in [6.45, 7) is 2.22. The molecule has 15 heteroatoms. The van der Waals surface area contributed by atoms with E-state index < -0.39 is 32.2 Å². The molecule has 0 aliphatic carbocycles. The number of carboxylic acids is 1. The molecule has 2 aromatic carbocycles. The maximum Gasteiger partial charge on any atom is 0.501 e. The van der Waals surface area contributed by atoms with Crippen LogP contribution in [0.1, 0.15) is 21.6 Å². The van der Waals surface area contributed by atoms with Crippen molar-refractivity contribution in [2.75, 3.05) is 25.5 Å². The molecule has 0 aliphatic heterocycles. The van der Waals surface area contributed by atoms with Crippen LogP contribution < -0.4 is 25.4 Å². The van der Waals surface area contributed by atoms with Gasteiger partial charge in [0.1, 0.15) is 23.9 Å². The zero-order valence-electron chi connectivity index (χ0n) is 21.2. The van der Waals surface area contributed by atoms with E-state index >= 15 is 0 Å². The van der Waals surface area contributed by atoms with Gasteiger partial charge in [0.25, 0.3) is 9.84 Å². The molecule has 11 nitrogen and oxygen atoms in total. The monoisotopic (exact) mass is 582 g/mol. The van der Waals surface area contributed by atoms with Gasteiger partial charge in [0.2, 0.25) is 0 Å². The van der Waals surface area contributed by atoms with Gasteiger partial charge in [-0.25, -0.2) is 23.0 Å². The molecule has 0 spiro atoms. The number of alkyl halides is 3. The number of rotatable bonds is 11. The molecule has 0 atom stereocenters. The summed E-state index contributed by atoms with van der Waals surface area (Å²) >= 11 is 0. The first kappa shape index (κ1) is 30.2. The Balaban J connectivity index is 1.71. The average Bonchev–Trinajstić information content (AvgIpc) is 2.89. The quantitative estimate of drug-likeness (QED) is 0.245. The third-order valence-electron chi connectivity index (χ3n) is 5.29. The maximum atomic E-state index is 13.0. The molecule has 0 bridgehead atoms. The van der Waals surface area contributed by atoms with Crippen LogP contribution in [0.5, 0.6) is 17.2 Å². The highest BCUT2D eigenvalue weighted by Crippen LogP contribution is 2.35. The lowest BCUT2D eigenvalue weighted by Gasteiger charge is -2.16. The maximum absolute atomic E-state index is 13.0. The van der Waals surface area contributed by atoms with Crippen molar-refractivity contribution in [3.8, 4) is 17.2 Å². The number of halogens is 3. The summed E-state index contributed by atoms with van der Waals surface area (Å²) in [6.07, 6.45) is 1.30. The number of sulfone groups is 1. The van der Waals surface area contributed by atoms with Crippen LogP contribution in [0.25, 0.3) is 0 Å². The first-order valence-corrected chi connectivity index (χ1v) is 13.0. The van der Waals surface area contributed by atoms with E-state index in [0.29, 0.717) is 29.5 Å². The third-order valence-corrected chi connectivity index (χ3v) is 6.78. The summed E-state index contributed by atoms with van der Waals surface area (Å²) in [6, 6.07) is 9.38. The Bertz CT molecular complexity index is 1500. The van der Waals surface area contributed by atoms with Crippen LogP contribution in [-0.4, -0.2) is 56.2 Å². The minimum atomic E-state index is -5.65. The van der Waals surface area contributed by atoms with Gasteiger partial charge in [-0.05, 0) is 55.4 Å². The van der Waals surface area contributed by atoms with Crippen LogP contribution in [0.4, 0.5) is 23.7 Å². The van der Waals surface area contributed by atoms with Crippen molar-refractivity contribution in [1.82, 2.24) is 15.6 Å². The number of carbonyl (C=O) groups excluding carboxylic acids is 1. The number of anilines is 1. The number of benzene rings is 2. The number of amides is 2. The van der Waals surface area contributed by atoms with Crippen molar-refractivity contribution in [3.63, 3.8) is 0 Å². The van der Waals surface area contributed by atoms with Crippen LogP contribution in [0.2, 0.25) is 0 Å². The molecule has 4 N–H and O–H groups in total. The Morgan fingerprint density at radius 2 is 1.77 bits per heavy atom. The molecule has 1 aromatic heterocycles. The zero-order valence-corrected chi connectivity index (χ0v) is 22.0. The van der Waals surface area contributed by atoms with Crippen molar-refractivity contribution < 1.29 is 45.8 Å². The molecule has 214 valence electrons. The van der Waals surface area contributed by atoms with Crippen LogP contribution in [0, 0.1) is 6.92 Å². The number of pyridine rings is 1. The molecule has 1 heterocycles. The summed E-state index contributed by atoms with van der Waals surface area (Å²) in [4.78, 5) is 26.3. The van der Waals surface area contributed by atoms with Gasteiger partial charge in [-0.3, -0.25) is 0 Å². The Morgan fingerprint density at radius 3 is 2.42 bits per heavy atom. The van der Waals surface area contributed by atoms with Gasteiger partial charge in [0.15, 0.2) is 5.69 Å². The molecule has 3 rings (SSSR count). The SMILES string of the molecule is CNCCOc1ccc(S(=O)(=O)C(F)(F)F)cc1NC(=O)NCc1ccc(Oc2ccnc(C(=O)O)c2)c(C)c1. The van der Waals surface area contributed by atoms with Crippen molar-refractivity contribution in [3.05, 3.63) is 71.5 Å². The molecule has 0 radical (unpaired) electrons. The number of nitrogens with one attached hydrogen (secondary N) is 3. The minimum Gasteiger partial charge on any atom is -0.490 e. The molecule has 3 aromatic rings. The van der Waals surface area contributed by atoms with Gasteiger partial charge >= 0.3 is 17.5 Å². The summed E-state index contributed by atoms with van der Waals surface area (Å²) in [7, 11) is -4.00. The lowest BCUT2D eigenvalue weighted by Crippen LogP contribution is -2.29. The second-order valence-corrected chi connectivity index (χ2v) is 10.2. The molecule has 0 saturated carbocycles. The number of aryl methyl sites for hydroxylation is 1. The summed E-state index contributed by atoms with van der Waals surface area (Å²) in [5.74, 6) is -0.525. The van der Waals surface area contributed by atoms with Gasteiger partial charge < -0.3 is 30.5 Å². The average molecular weight is 583 g/mol. The highest BCUT2D eigenvalue weighted by atomic mass is 32.2. The predicted molar refractivity (Wildman–Crippen MR) is 137 cm³/mol. The topological polar surface area (TPSA) is 156 Å². The third kappa shape index (κ3) is 7.60. The van der Waals surface area contributed by atoms with Gasteiger partial charge in [0, 0.05) is 25.4 Å². The first-order chi connectivity index (χ1) is 18.8. The van der Waals surface area contributed by atoms with Crippen LogP contribution in [0.15, 0.2) is 59.6 Å². The molecule has 0 saturated heterocycles. The smallest absolute Gasteiger partial charge is 0.490 e. The number of ether oxygens (including phenoxy) is 2. The fraction of sp³-hybridized carbons (Fsp3) is 0.240. The van der Waals surface area contributed by atoms with Crippen LogP contribution in [-0.2, 0) is 16.4 Å². The van der Waals surface area contributed by atoms with E-state index in [4.69, 9.17) is 14.6 Å². The zero-order chi connectivity index (χ0) is 29.5. The summed E-state index contributed by atoms with van der Waals surface area (Å²) < 4.78 is 74.0. The van der Waals surface area contributed by atoms with E-state index in [0.717, 1.165) is 12.1 Å². The molecular weight excluding hydrogens is 557 g/mol. The van der Waals surface area contributed by atoms with Crippen molar-refractivity contribution >= 4 is 27.5 Å². The van der Waals surface area contributed by atoms with Crippen molar-refractivity contribution in [2.24, 2.45) is 0 Å². The van der Waals surface area contributed by atoms with E-state index in [-0.39, 0.29) is 36.0 Å². The predicted octanol–water partition coefficient (Wildman–Crippen LogP) is 4.09. The Morgan fingerprint density at radius 1 is 1.05 bits per heavy atom. The Hall–Kier alpha value is -4.37. The largest absolute Gasteiger partial charge is 0.501 e. The lowest BCUT2D eigenvalue weighted by molar-refractivity contribution is -0.0436. The molecule has 0 fully saturated rings. The number of hydrogen-bond donors (Lipinski definition) is 4. The second-order valence-electron chi connectivity index (χ2n) is 8.25. The molecule has 2 amide bonds. The fourth-order valence-corrected chi connectivity index (χ4v) is 4.09. The lowest BCUT2D eigenvalue weighted by atomic mass is 10.1. The molecule has 40 heavy (non-hydrogen) atoms. The standard InChI is InChI=1S/C25H25F3N4O7S/c1-15-11-16(3-5-21(15)39-17-7-8-30-20(12-17)23(33)34)14-31-24(35)32-19-13-18(40(36,37)25(26,27)28)4-6-22(19)38-10-9-29-2/h3-8,11-13,29H,9-10,14H2,1-2H3,(H,33,34)(H2,31,32,35). The van der Waals surface area contributed by atoms with Gasteiger partial charge in [0.05, 0.1) is 10.6 Å². The number of carboxylic acid groups (broad SMARTS) is 1. The Labute approximate surface area is 227 Å². The molecule has 0 unspecified atom stereocenters. The number of aromatic nitrogens is 1. The normalized spacial score (nSPS) is 11.5. The highest BCUT2D eigenvalue weighted by Gasteiger charge is 2.47. The number of likely N-dealkylation sites (N-methyl/N-ethyl adjacent to an activating group) is 1. The van der Waals surface area contributed by atoms with E-state index in [9.17, 15) is 31.2 Å². The summed E-state index contributed by atoms with van der Waals surface area (Å²) in [5, 5.41) is 16.8. The number of nitrogens with zero attached hydrogens (tertiary/aromatic N) is 1. The molecular formula is C25H25F3N4O7S. The number of aromatic carboxylic acids is 1. The highest BCUT2D eigenvalue weighted by molar-refractivity contribution is 7.92. The number of carbonyl (C=O) groups is 2. The van der Waals surface area contributed by atoms with Crippen molar-refractivity contribution in [2.45, 2.75) is 23.9 Å². The fourth-order valence-electron chi connectivity index (χ4n) is 3.30. The van der Waals surface area contributed by atoms with E-state index in [1.165, 1.54) is 18.3 Å². The summed E-state index contributed by atoms with van der Waals surface area (Å²) in [5.41, 5.74) is -4.67. The van der Waals surface area contributed by atoms with Gasteiger partial charge in [-0.1, -0.05) is 12.1 Å². The number of urea groups is 1. The second kappa shape index (κ2) is 12.7. The van der Waals surface area contributed by atoms with Gasteiger partial charge in [-0.15, -0.1) is 0 Å². The van der Waals surface area contributed by atoms with E-state index in [1.807, 2.05) is 0 Å². The van der Waals surface area contributed by atoms with Crippen LogP contribution >= 0.6 is 0 Å². The molecule has 0 aliphatic rings. The van der Waals surface area contributed by atoms with Crippen LogP contribution in [0.3, 0.4) is 0 Å². The first-order valence-electron chi connectivity index (χ1n) is 11.6. The Kier molecular flexibility index (Phi) is 9.55. The van der Waals surface area contributed by atoms with Crippen molar-refractivity contribution in [1.29, 1.82) is 0 Å².